The number of nitrogens with two attached hydrogens (primary N) is 1. The maximum atomic E-state index is 12.4. The molecule has 176 valence electrons. The quantitative estimate of drug-likeness (QED) is 0.378. The van der Waals surface area contributed by atoms with E-state index in [1.165, 1.54) is 43.3 Å². The average Bonchev–Trinajstić information content (AvgIpc) is 3.16. The number of amides is 1. The molecule has 0 unspecified atom stereocenters. The van der Waals surface area contributed by atoms with E-state index < -0.39 is 0 Å². The molecule has 0 atom stereocenters. The number of nitrogens with zero attached hydrogens (tertiary/aromatic N) is 3. The summed E-state index contributed by atoms with van der Waals surface area (Å²) in [6.45, 7) is 6.44. The number of methoxy groups -OCH3 is 3. The van der Waals surface area contributed by atoms with Crippen molar-refractivity contribution in [1.29, 1.82) is 0 Å². The summed E-state index contributed by atoms with van der Waals surface area (Å²) >= 11 is 1.19. The molecule has 3 N–H and O–H groups in total. The number of anilines is 1. The van der Waals surface area contributed by atoms with Gasteiger partial charge in [0.1, 0.15) is 0 Å². The van der Waals surface area contributed by atoms with Crippen molar-refractivity contribution in [3.8, 4) is 28.6 Å². The summed E-state index contributed by atoms with van der Waals surface area (Å²) < 4.78 is 17.5. The molecular weight excluding hydrogens is 442 g/mol. The van der Waals surface area contributed by atoms with Gasteiger partial charge in [-0.2, -0.15) is 0 Å². The van der Waals surface area contributed by atoms with Crippen molar-refractivity contribution in [3.05, 3.63) is 42.0 Å². The van der Waals surface area contributed by atoms with Gasteiger partial charge in [-0.25, -0.2) is 4.68 Å². The largest absolute Gasteiger partial charge is 0.493 e. The van der Waals surface area contributed by atoms with Crippen LogP contribution in [0.25, 0.3) is 11.4 Å². The standard InChI is InChI=1S/C23H29N5O4S/c1-23(2,3)15-7-9-16(10-8-15)25-19(29)13-33-22-27-26-21(28(22)24)14-11-17(30-4)20(32-6)18(12-14)31-5/h7-12H,13,24H2,1-6H3,(H,25,29). The first-order valence-corrected chi connectivity index (χ1v) is 11.2. The normalized spacial score (nSPS) is 11.2. The van der Waals surface area contributed by atoms with Crippen LogP contribution in [0.5, 0.6) is 17.2 Å². The average molecular weight is 472 g/mol. The summed E-state index contributed by atoms with van der Waals surface area (Å²) in [5, 5.41) is 11.6. The van der Waals surface area contributed by atoms with E-state index in [-0.39, 0.29) is 17.1 Å². The van der Waals surface area contributed by atoms with Gasteiger partial charge in [-0.1, -0.05) is 44.7 Å². The van der Waals surface area contributed by atoms with E-state index in [0.717, 1.165) is 5.69 Å². The zero-order valence-corrected chi connectivity index (χ0v) is 20.4. The van der Waals surface area contributed by atoms with Gasteiger partial charge < -0.3 is 25.4 Å². The molecular formula is C23H29N5O4S. The van der Waals surface area contributed by atoms with Crippen molar-refractivity contribution in [2.24, 2.45) is 0 Å². The van der Waals surface area contributed by atoms with Crippen LogP contribution in [0, 0.1) is 0 Å². The molecule has 0 aliphatic heterocycles. The lowest BCUT2D eigenvalue weighted by Crippen LogP contribution is -2.17. The van der Waals surface area contributed by atoms with Crippen molar-refractivity contribution < 1.29 is 19.0 Å². The van der Waals surface area contributed by atoms with E-state index in [9.17, 15) is 4.79 Å². The molecule has 2 aromatic carbocycles. The number of carbonyl (C=O) groups excluding carboxylic acids is 1. The number of nitrogen functional groups attached to an aromatic ring is 1. The van der Waals surface area contributed by atoms with Gasteiger partial charge in [-0.15, -0.1) is 10.2 Å². The van der Waals surface area contributed by atoms with Crippen molar-refractivity contribution in [2.45, 2.75) is 31.3 Å². The Hall–Kier alpha value is -3.40. The number of thioether (sulfide) groups is 1. The molecule has 10 heteroatoms. The minimum atomic E-state index is -0.166. The summed E-state index contributed by atoms with van der Waals surface area (Å²) in [5.41, 5.74) is 2.63. The van der Waals surface area contributed by atoms with Crippen molar-refractivity contribution in [2.75, 3.05) is 38.2 Å². The van der Waals surface area contributed by atoms with Crippen LogP contribution >= 0.6 is 11.8 Å². The summed E-state index contributed by atoms with van der Waals surface area (Å²) in [6, 6.07) is 11.3. The van der Waals surface area contributed by atoms with Gasteiger partial charge in [0.15, 0.2) is 17.3 Å². The van der Waals surface area contributed by atoms with E-state index in [1.54, 1.807) is 12.1 Å². The molecule has 0 aliphatic rings. The molecule has 0 fully saturated rings. The maximum absolute atomic E-state index is 12.4. The Morgan fingerprint density at radius 1 is 1.03 bits per heavy atom. The van der Waals surface area contributed by atoms with Crippen LogP contribution < -0.4 is 25.4 Å². The van der Waals surface area contributed by atoms with Gasteiger partial charge >= 0.3 is 0 Å². The molecule has 9 nitrogen and oxygen atoms in total. The van der Waals surface area contributed by atoms with Gasteiger partial charge in [0.25, 0.3) is 0 Å². The number of rotatable bonds is 8. The Kier molecular flexibility index (Phi) is 7.37. The SMILES string of the molecule is COc1cc(-c2nnc(SCC(=O)Nc3ccc(C(C)(C)C)cc3)n2N)cc(OC)c1OC. The second-order valence-corrected chi connectivity index (χ2v) is 9.20. The van der Waals surface area contributed by atoms with Crippen LogP contribution in [-0.2, 0) is 10.2 Å². The third kappa shape index (κ3) is 5.51. The van der Waals surface area contributed by atoms with Crippen LogP contribution in [0.1, 0.15) is 26.3 Å². The monoisotopic (exact) mass is 471 g/mol. The summed E-state index contributed by atoms with van der Waals surface area (Å²) in [4.78, 5) is 12.4. The Bertz CT molecular complexity index is 1100. The number of benzene rings is 2. The molecule has 0 spiro atoms. The third-order valence-electron chi connectivity index (χ3n) is 4.95. The number of nitrogens with one attached hydrogen (secondary N) is 1. The van der Waals surface area contributed by atoms with E-state index in [1.807, 2.05) is 24.3 Å². The second-order valence-electron chi connectivity index (χ2n) is 8.25. The highest BCUT2D eigenvalue weighted by atomic mass is 32.2. The zero-order valence-electron chi connectivity index (χ0n) is 19.6. The van der Waals surface area contributed by atoms with E-state index in [2.05, 4.69) is 36.3 Å². The minimum Gasteiger partial charge on any atom is -0.493 e. The van der Waals surface area contributed by atoms with E-state index in [4.69, 9.17) is 20.1 Å². The van der Waals surface area contributed by atoms with Crippen LogP contribution in [0.4, 0.5) is 5.69 Å². The summed E-state index contributed by atoms with van der Waals surface area (Å²) in [5.74, 6) is 7.99. The summed E-state index contributed by atoms with van der Waals surface area (Å²) in [7, 11) is 4.60. The minimum absolute atomic E-state index is 0.0548. The molecule has 3 rings (SSSR count). The lowest BCUT2D eigenvalue weighted by Gasteiger charge is -2.19. The predicted octanol–water partition coefficient (Wildman–Crippen LogP) is 3.71. The fraction of sp³-hybridized carbons (Fsp3) is 0.348. The summed E-state index contributed by atoms with van der Waals surface area (Å²) in [6.07, 6.45) is 0. The van der Waals surface area contributed by atoms with Crippen LogP contribution in [0.2, 0.25) is 0 Å². The Balaban J connectivity index is 1.70. The molecule has 0 aliphatic carbocycles. The maximum Gasteiger partial charge on any atom is 0.234 e. The van der Waals surface area contributed by atoms with E-state index in [0.29, 0.717) is 33.8 Å². The molecule has 0 saturated carbocycles. The molecule has 0 bridgehead atoms. The van der Waals surface area contributed by atoms with Gasteiger partial charge in [0.2, 0.25) is 16.8 Å². The van der Waals surface area contributed by atoms with Crippen LogP contribution in [-0.4, -0.2) is 47.9 Å². The highest BCUT2D eigenvalue weighted by Gasteiger charge is 2.19. The van der Waals surface area contributed by atoms with Gasteiger partial charge in [-0.05, 0) is 35.2 Å². The smallest absolute Gasteiger partial charge is 0.234 e. The first kappa shape index (κ1) is 24.2. The number of hydrogen-bond donors (Lipinski definition) is 2. The highest BCUT2D eigenvalue weighted by Crippen LogP contribution is 2.41. The molecule has 33 heavy (non-hydrogen) atoms. The fourth-order valence-electron chi connectivity index (χ4n) is 3.16. The molecule has 3 aromatic rings. The second kappa shape index (κ2) is 10.0. The number of hydrogen-bond acceptors (Lipinski definition) is 8. The lowest BCUT2D eigenvalue weighted by atomic mass is 9.87. The number of carbonyl (C=O) groups is 1. The van der Waals surface area contributed by atoms with Gasteiger partial charge in [0.05, 0.1) is 27.1 Å². The molecule has 1 amide bonds. The van der Waals surface area contributed by atoms with Crippen molar-refractivity contribution in [3.63, 3.8) is 0 Å². The topological polar surface area (TPSA) is 114 Å². The molecule has 1 heterocycles. The number of ether oxygens (including phenoxy) is 3. The molecule has 1 aromatic heterocycles. The highest BCUT2D eigenvalue weighted by molar-refractivity contribution is 7.99. The number of aromatic nitrogens is 3. The molecule has 0 saturated heterocycles. The predicted molar refractivity (Wildman–Crippen MR) is 130 cm³/mol. The lowest BCUT2D eigenvalue weighted by molar-refractivity contribution is -0.113. The Labute approximate surface area is 197 Å². The third-order valence-corrected chi connectivity index (χ3v) is 5.90. The first-order valence-electron chi connectivity index (χ1n) is 10.2. The Morgan fingerprint density at radius 2 is 1.64 bits per heavy atom. The van der Waals surface area contributed by atoms with Crippen molar-refractivity contribution >= 4 is 23.4 Å². The zero-order chi connectivity index (χ0) is 24.2. The molecule has 0 radical (unpaired) electrons. The van der Waals surface area contributed by atoms with Gasteiger partial charge in [-0.3, -0.25) is 4.79 Å². The van der Waals surface area contributed by atoms with Crippen LogP contribution in [0.3, 0.4) is 0 Å². The fourth-order valence-corrected chi connectivity index (χ4v) is 3.82. The van der Waals surface area contributed by atoms with Gasteiger partial charge in [0, 0.05) is 11.3 Å². The van der Waals surface area contributed by atoms with E-state index >= 15 is 0 Å². The first-order chi connectivity index (χ1) is 15.7. The van der Waals surface area contributed by atoms with Crippen molar-refractivity contribution in [1.82, 2.24) is 14.9 Å². The Morgan fingerprint density at radius 3 is 2.15 bits per heavy atom. The van der Waals surface area contributed by atoms with Crippen LogP contribution in [0.15, 0.2) is 41.6 Å².